The van der Waals surface area contributed by atoms with E-state index in [-0.39, 0.29) is 10.9 Å². The van der Waals surface area contributed by atoms with Crippen LogP contribution in [0.2, 0.25) is 0 Å². The molecule has 0 aliphatic carbocycles. The third-order valence-corrected chi connectivity index (χ3v) is 7.04. The minimum Gasteiger partial charge on any atom is -0.467 e. The summed E-state index contributed by atoms with van der Waals surface area (Å²) in [6.45, 7) is 3.63. The van der Waals surface area contributed by atoms with Crippen LogP contribution < -0.4 is 4.74 Å². The molecular formula is C23H19N5O4S. The summed E-state index contributed by atoms with van der Waals surface area (Å²) in [5.41, 5.74) is 4.29. The van der Waals surface area contributed by atoms with Gasteiger partial charge in [0, 0.05) is 47.0 Å². The third kappa shape index (κ3) is 3.44. The van der Waals surface area contributed by atoms with Gasteiger partial charge in [0.25, 0.3) is 10.0 Å². The number of rotatable bonds is 5. The van der Waals surface area contributed by atoms with E-state index in [0.29, 0.717) is 39.2 Å². The van der Waals surface area contributed by atoms with Gasteiger partial charge < -0.3 is 9.26 Å². The number of nitrogens with zero attached hydrogens (tertiary/aromatic N) is 5. The number of benzene rings is 1. The molecule has 0 bridgehead atoms. The van der Waals surface area contributed by atoms with Crippen LogP contribution in [-0.4, -0.2) is 39.6 Å². The van der Waals surface area contributed by atoms with Crippen LogP contribution in [0, 0.1) is 13.8 Å². The lowest BCUT2D eigenvalue weighted by Crippen LogP contribution is -2.11. The zero-order valence-electron chi connectivity index (χ0n) is 18.1. The molecule has 5 rings (SSSR count). The first kappa shape index (κ1) is 20.8. The topological polar surface area (TPSA) is 113 Å². The highest BCUT2D eigenvalue weighted by atomic mass is 32.2. The van der Waals surface area contributed by atoms with Gasteiger partial charge in [0.05, 0.1) is 28.7 Å². The van der Waals surface area contributed by atoms with Crippen LogP contribution in [0.25, 0.3) is 33.3 Å². The highest BCUT2D eigenvalue weighted by Crippen LogP contribution is 2.35. The van der Waals surface area contributed by atoms with Gasteiger partial charge >= 0.3 is 6.01 Å². The van der Waals surface area contributed by atoms with Crippen molar-refractivity contribution in [3.63, 3.8) is 0 Å². The van der Waals surface area contributed by atoms with Crippen molar-refractivity contribution in [1.29, 1.82) is 0 Å². The minimum atomic E-state index is -3.90. The molecule has 9 nitrogen and oxygen atoms in total. The average molecular weight is 462 g/mol. The smallest absolute Gasteiger partial charge is 0.316 e. The van der Waals surface area contributed by atoms with E-state index in [2.05, 4.69) is 20.1 Å². The van der Waals surface area contributed by atoms with Crippen molar-refractivity contribution in [2.75, 3.05) is 7.11 Å². The second-order valence-electron chi connectivity index (χ2n) is 7.41. The lowest BCUT2D eigenvalue weighted by atomic mass is 10.1. The molecule has 0 saturated heterocycles. The molecule has 0 saturated carbocycles. The quantitative estimate of drug-likeness (QED) is 0.386. The Hall–Kier alpha value is -4.05. The average Bonchev–Trinajstić information content (AvgIpc) is 3.39. The molecular weight excluding hydrogens is 442 g/mol. The molecule has 33 heavy (non-hydrogen) atoms. The summed E-state index contributed by atoms with van der Waals surface area (Å²) >= 11 is 0. The van der Waals surface area contributed by atoms with Crippen molar-refractivity contribution in [3.05, 3.63) is 72.6 Å². The normalized spacial score (nSPS) is 11.7. The van der Waals surface area contributed by atoms with Gasteiger partial charge in [-0.3, -0.25) is 4.98 Å². The SMILES string of the molecule is COc1ncc(-c2cn(S(=O)(=O)c3ccccc3)c3cc(-c4c(C)noc4C)cnc23)cn1. The Labute approximate surface area is 189 Å². The fraction of sp³-hybridized carbons (Fsp3) is 0.130. The standard InChI is InChI=1S/C23H19N5O4S/c1-14-21(15(2)32-27-14)16-9-20-22(24-10-16)19(17-11-25-23(31-3)26-12-17)13-28(20)33(29,30)18-7-5-4-6-8-18/h4-13H,1-3H3. The van der Waals surface area contributed by atoms with Crippen LogP contribution in [0.15, 0.2) is 70.6 Å². The largest absolute Gasteiger partial charge is 0.467 e. The van der Waals surface area contributed by atoms with Gasteiger partial charge in [0.2, 0.25) is 0 Å². The first-order valence-corrected chi connectivity index (χ1v) is 11.5. The van der Waals surface area contributed by atoms with Crippen molar-refractivity contribution in [2.45, 2.75) is 18.7 Å². The molecule has 0 aliphatic rings. The Morgan fingerprint density at radius 1 is 0.970 bits per heavy atom. The number of aryl methyl sites for hydroxylation is 2. The van der Waals surface area contributed by atoms with Crippen molar-refractivity contribution in [3.8, 4) is 28.3 Å². The van der Waals surface area contributed by atoms with E-state index >= 15 is 0 Å². The zero-order valence-corrected chi connectivity index (χ0v) is 18.9. The fourth-order valence-corrected chi connectivity index (χ4v) is 5.16. The fourth-order valence-electron chi connectivity index (χ4n) is 3.79. The molecule has 0 aliphatic heterocycles. The summed E-state index contributed by atoms with van der Waals surface area (Å²) in [7, 11) is -2.42. The van der Waals surface area contributed by atoms with Crippen LogP contribution in [0.1, 0.15) is 11.5 Å². The van der Waals surface area contributed by atoms with Gasteiger partial charge in [0.15, 0.2) is 0 Å². The van der Waals surface area contributed by atoms with Gasteiger partial charge in [-0.15, -0.1) is 0 Å². The van der Waals surface area contributed by atoms with Gasteiger partial charge in [0.1, 0.15) is 5.76 Å². The van der Waals surface area contributed by atoms with E-state index in [4.69, 9.17) is 9.26 Å². The van der Waals surface area contributed by atoms with Crippen LogP contribution >= 0.6 is 0 Å². The molecule has 0 amide bonds. The van der Waals surface area contributed by atoms with E-state index in [1.54, 1.807) is 68.1 Å². The number of ether oxygens (including phenoxy) is 1. The van der Waals surface area contributed by atoms with E-state index in [1.807, 2.05) is 6.92 Å². The predicted octanol–water partition coefficient (Wildman–Crippen LogP) is 4.01. The van der Waals surface area contributed by atoms with Gasteiger partial charge in [-0.05, 0) is 32.0 Å². The van der Waals surface area contributed by atoms with E-state index in [9.17, 15) is 8.42 Å². The maximum Gasteiger partial charge on any atom is 0.316 e. The summed E-state index contributed by atoms with van der Waals surface area (Å²) in [4.78, 5) is 13.1. The Balaban J connectivity index is 1.79. The number of hydrogen-bond acceptors (Lipinski definition) is 8. The molecule has 0 N–H and O–H groups in total. The summed E-state index contributed by atoms with van der Waals surface area (Å²) in [5.74, 6) is 0.626. The van der Waals surface area contributed by atoms with Crippen molar-refractivity contribution >= 4 is 21.1 Å². The highest BCUT2D eigenvalue weighted by Gasteiger charge is 2.24. The molecule has 0 unspecified atom stereocenters. The third-order valence-electron chi connectivity index (χ3n) is 5.35. The van der Waals surface area contributed by atoms with Crippen molar-refractivity contribution in [1.82, 2.24) is 24.1 Å². The molecule has 0 radical (unpaired) electrons. The Bertz CT molecular complexity index is 1550. The Kier molecular flexibility index (Phi) is 4.94. The van der Waals surface area contributed by atoms with Crippen LogP contribution in [-0.2, 0) is 10.0 Å². The molecule has 166 valence electrons. The molecule has 0 spiro atoms. The van der Waals surface area contributed by atoms with Crippen molar-refractivity contribution < 1.29 is 17.7 Å². The number of fused-ring (bicyclic) bond motifs is 1. The highest BCUT2D eigenvalue weighted by molar-refractivity contribution is 7.90. The lowest BCUT2D eigenvalue weighted by Gasteiger charge is -2.08. The molecule has 10 heteroatoms. The first-order valence-electron chi connectivity index (χ1n) is 10.0. The Morgan fingerprint density at radius 3 is 2.30 bits per heavy atom. The minimum absolute atomic E-state index is 0.169. The van der Waals surface area contributed by atoms with Crippen LogP contribution in [0.3, 0.4) is 0 Å². The lowest BCUT2D eigenvalue weighted by molar-refractivity contribution is 0.380. The van der Waals surface area contributed by atoms with E-state index in [1.165, 1.54) is 11.1 Å². The summed E-state index contributed by atoms with van der Waals surface area (Å²) < 4.78 is 38.7. The number of methoxy groups -OCH3 is 1. The van der Waals surface area contributed by atoms with Gasteiger partial charge in [-0.25, -0.2) is 22.4 Å². The van der Waals surface area contributed by atoms with Crippen LogP contribution in [0.5, 0.6) is 6.01 Å². The maximum atomic E-state index is 13.6. The van der Waals surface area contributed by atoms with E-state index in [0.717, 1.165) is 5.56 Å². The molecule has 4 aromatic heterocycles. The summed E-state index contributed by atoms with van der Waals surface area (Å²) in [5, 5.41) is 4.00. The zero-order chi connectivity index (χ0) is 23.2. The predicted molar refractivity (Wildman–Crippen MR) is 121 cm³/mol. The Morgan fingerprint density at radius 2 is 1.67 bits per heavy atom. The second kappa shape index (κ2) is 7.82. The van der Waals surface area contributed by atoms with Gasteiger partial charge in [-0.2, -0.15) is 0 Å². The molecule has 1 aromatic carbocycles. The molecule has 4 heterocycles. The maximum absolute atomic E-state index is 13.6. The first-order chi connectivity index (χ1) is 15.9. The van der Waals surface area contributed by atoms with E-state index < -0.39 is 10.0 Å². The molecule has 5 aromatic rings. The molecule has 0 atom stereocenters. The number of pyridine rings is 1. The summed E-state index contributed by atoms with van der Waals surface area (Å²) in [6.07, 6.45) is 6.37. The molecule has 0 fully saturated rings. The number of aromatic nitrogens is 5. The number of hydrogen-bond donors (Lipinski definition) is 0. The second-order valence-corrected chi connectivity index (χ2v) is 9.22. The monoisotopic (exact) mass is 461 g/mol. The van der Waals surface area contributed by atoms with Crippen LogP contribution in [0.4, 0.5) is 0 Å². The summed E-state index contributed by atoms with van der Waals surface area (Å²) in [6, 6.07) is 10.3. The van der Waals surface area contributed by atoms with Gasteiger partial charge in [-0.1, -0.05) is 23.4 Å². The van der Waals surface area contributed by atoms with Crippen molar-refractivity contribution in [2.24, 2.45) is 0 Å².